The number of carbonyl (C=O) groups excluding carboxylic acids is 1. The Hall–Kier alpha value is -3.02. The predicted octanol–water partition coefficient (Wildman–Crippen LogP) is 4.20. The Labute approximate surface area is 126 Å². The van der Waals surface area contributed by atoms with Crippen LogP contribution in [-0.4, -0.2) is 18.0 Å². The van der Waals surface area contributed by atoms with E-state index in [1.165, 1.54) is 31.4 Å². The van der Waals surface area contributed by atoms with Gasteiger partial charge in [0, 0.05) is 5.56 Å². The normalized spacial score (nSPS) is 11.6. The lowest BCUT2D eigenvalue weighted by Gasteiger charge is -2.02. The lowest BCUT2D eigenvalue weighted by atomic mass is 10.1. The van der Waals surface area contributed by atoms with Gasteiger partial charge in [-0.15, -0.1) is 5.11 Å². The van der Waals surface area contributed by atoms with E-state index in [-0.39, 0.29) is 5.70 Å². The Morgan fingerprint density at radius 1 is 1.14 bits per heavy atom. The molecule has 0 fully saturated rings. The molecule has 0 heterocycles. The largest absolute Gasteiger partial charge is 0.513 e. The molecule has 0 aliphatic rings. The number of carbonyl (C=O) groups is 1. The van der Waals surface area contributed by atoms with Crippen molar-refractivity contribution >= 4 is 11.5 Å². The van der Waals surface area contributed by atoms with E-state index in [4.69, 9.17) is 9.84 Å². The Balaban J connectivity index is 2.16. The molecule has 2 aromatic rings. The second-order valence-electron chi connectivity index (χ2n) is 4.25. The maximum atomic E-state index is 12.8. The fourth-order valence-corrected chi connectivity index (χ4v) is 1.64. The number of hydrogen-bond acceptors (Lipinski definition) is 5. The van der Waals surface area contributed by atoms with Gasteiger partial charge < -0.3 is 9.84 Å². The lowest BCUT2D eigenvalue weighted by Crippen LogP contribution is -2.01. The van der Waals surface area contributed by atoms with Crippen LogP contribution in [0.3, 0.4) is 0 Å². The van der Waals surface area contributed by atoms with Gasteiger partial charge in [0.2, 0.25) is 5.78 Å². The topological polar surface area (TPSA) is 71.2 Å². The molecule has 0 saturated heterocycles. The third-order valence-electron chi connectivity index (χ3n) is 2.81. The van der Waals surface area contributed by atoms with Crippen LogP contribution >= 0.6 is 0 Å². The quantitative estimate of drug-likeness (QED) is 0.389. The smallest absolute Gasteiger partial charge is 0.216 e. The SMILES string of the molecule is COc1ccc(C(=O)/C(=C\O)N=Nc2ccc(F)cc2)cc1. The molecule has 2 rings (SSSR count). The van der Waals surface area contributed by atoms with E-state index in [2.05, 4.69) is 10.2 Å². The van der Waals surface area contributed by atoms with E-state index in [1.807, 2.05) is 0 Å². The first-order valence-electron chi connectivity index (χ1n) is 6.34. The molecule has 0 aliphatic heterocycles. The zero-order valence-electron chi connectivity index (χ0n) is 11.7. The molecule has 0 spiro atoms. The second-order valence-corrected chi connectivity index (χ2v) is 4.25. The van der Waals surface area contributed by atoms with Crippen LogP contribution in [0.4, 0.5) is 10.1 Å². The molecule has 0 aromatic heterocycles. The summed E-state index contributed by atoms with van der Waals surface area (Å²) in [4.78, 5) is 12.2. The van der Waals surface area contributed by atoms with Crippen LogP contribution in [0, 0.1) is 5.82 Å². The first kappa shape index (κ1) is 15.4. The summed E-state index contributed by atoms with van der Waals surface area (Å²) in [5, 5.41) is 16.6. The molecule has 22 heavy (non-hydrogen) atoms. The fourth-order valence-electron chi connectivity index (χ4n) is 1.64. The summed E-state index contributed by atoms with van der Waals surface area (Å²) in [7, 11) is 1.52. The number of allylic oxidation sites excluding steroid dienone is 1. The van der Waals surface area contributed by atoms with Crippen molar-refractivity contribution in [3.63, 3.8) is 0 Å². The highest BCUT2D eigenvalue weighted by atomic mass is 19.1. The van der Waals surface area contributed by atoms with Crippen LogP contribution in [0.1, 0.15) is 10.4 Å². The van der Waals surface area contributed by atoms with Gasteiger partial charge in [0.1, 0.15) is 17.8 Å². The highest BCUT2D eigenvalue weighted by Crippen LogP contribution is 2.18. The van der Waals surface area contributed by atoms with Crippen molar-refractivity contribution in [3.05, 3.63) is 71.9 Å². The Kier molecular flexibility index (Phi) is 4.98. The lowest BCUT2D eigenvalue weighted by molar-refractivity contribution is 0.102. The molecule has 5 nitrogen and oxygen atoms in total. The van der Waals surface area contributed by atoms with E-state index in [1.54, 1.807) is 24.3 Å². The summed E-state index contributed by atoms with van der Waals surface area (Å²) in [6, 6.07) is 11.6. The number of ketones is 1. The van der Waals surface area contributed by atoms with Gasteiger partial charge in [-0.25, -0.2) is 4.39 Å². The van der Waals surface area contributed by atoms with Crippen LogP contribution in [0.2, 0.25) is 0 Å². The highest BCUT2D eigenvalue weighted by molar-refractivity contribution is 6.08. The number of rotatable bonds is 5. The molecule has 112 valence electrons. The van der Waals surface area contributed by atoms with Gasteiger partial charge in [-0.05, 0) is 48.5 Å². The molecule has 0 amide bonds. The van der Waals surface area contributed by atoms with E-state index < -0.39 is 11.6 Å². The standard InChI is InChI=1S/C16H13FN2O3/c1-22-14-8-2-11(3-9-14)16(21)15(10-20)19-18-13-6-4-12(17)5-7-13/h2-10,20H,1H3/b15-10+,19-18?. The Morgan fingerprint density at radius 2 is 1.77 bits per heavy atom. The van der Waals surface area contributed by atoms with Crippen molar-refractivity contribution in [2.75, 3.05) is 7.11 Å². The third kappa shape index (κ3) is 3.76. The summed E-state index contributed by atoms with van der Waals surface area (Å²) < 4.78 is 17.8. The van der Waals surface area contributed by atoms with Crippen molar-refractivity contribution in [1.82, 2.24) is 0 Å². The summed E-state index contributed by atoms with van der Waals surface area (Å²) in [6.07, 6.45) is 0.583. The number of hydrogen-bond donors (Lipinski definition) is 1. The van der Waals surface area contributed by atoms with Crippen LogP contribution in [0.5, 0.6) is 5.75 Å². The van der Waals surface area contributed by atoms with Gasteiger partial charge in [-0.3, -0.25) is 4.79 Å². The van der Waals surface area contributed by atoms with Crippen LogP contribution in [0.15, 0.2) is 70.7 Å². The molecule has 0 bridgehead atoms. The average molecular weight is 300 g/mol. The van der Waals surface area contributed by atoms with Gasteiger partial charge >= 0.3 is 0 Å². The van der Waals surface area contributed by atoms with Gasteiger partial charge in [0.15, 0.2) is 5.70 Å². The zero-order chi connectivity index (χ0) is 15.9. The zero-order valence-corrected chi connectivity index (χ0v) is 11.7. The summed E-state index contributed by atoms with van der Waals surface area (Å²) in [6.45, 7) is 0. The molecule has 6 heteroatoms. The minimum Gasteiger partial charge on any atom is -0.513 e. The summed E-state index contributed by atoms with van der Waals surface area (Å²) >= 11 is 0. The molecule has 2 aromatic carbocycles. The maximum Gasteiger partial charge on any atom is 0.216 e. The Bertz CT molecular complexity index is 707. The third-order valence-corrected chi connectivity index (χ3v) is 2.81. The van der Waals surface area contributed by atoms with Crippen molar-refractivity contribution < 1.29 is 19.0 Å². The van der Waals surface area contributed by atoms with E-state index >= 15 is 0 Å². The fraction of sp³-hybridized carbons (Fsp3) is 0.0625. The molecule has 0 saturated carbocycles. The summed E-state index contributed by atoms with van der Waals surface area (Å²) in [5.74, 6) is -0.277. The van der Waals surface area contributed by atoms with E-state index in [9.17, 15) is 9.18 Å². The van der Waals surface area contributed by atoms with Gasteiger partial charge in [-0.1, -0.05) is 0 Å². The number of aliphatic hydroxyl groups is 1. The highest BCUT2D eigenvalue weighted by Gasteiger charge is 2.12. The molecule has 0 unspecified atom stereocenters. The number of halogens is 1. The molecular formula is C16H13FN2O3. The number of nitrogens with zero attached hydrogens (tertiary/aromatic N) is 2. The summed E-state index contributed by atoms with van der Waals surface area (Å²) in [5.41, 5.74) is 0.469. The van der Waals surface area contributed by atoms with Crippen LogP contribution in [0.25, 0.3) is 0 Å². The van der Waals surface area contributed by atoms with Crippen molar-refractivity contribution in [3.8, 4) is 5.75 Å². The number of benzene rings is 2. The van der Waals surface area contributed by atoms with Gasteiger partial charge in [0.05, 0.1) is 12.8 Å². The van der Waals surface area contributed by atoms with Crippen LogP contribution < -0.4 is 4.74 Å². The average Bonchev–Trinajstić information content (AvgIpc) is 2.57. The second kappa shape index (κ2) is 7.12. The number of azo groups is 1. The molecule has 0 aliphatic carbocycles. The minimum atomic E-state index is -0.490. The molecule has 1 N–H and O–H groups in total. The van der Waals surface area contributed by atoms with Crippen molar-refractivity contribution in [2.45, 2.75) is 0 Å². The van der Waals surface area contributed by atoms with Gasteiger partial charge in [-0.2, -0.15) is 5.11 Å². The first-order valence-corrected chi connectivity index (χ1v) is 6.34. The monoisotopic (exact) mass is 300 g/mol. The number of ether oxygens (including phenoxy) is 1. The molecule has 0 radical (unpaired) electrons. The maximum absolute atomic E-state index is 12.8. The predicted molar refractivity (Wildman–Crippen MR) is 79.0 cm³/mol. The van der Waals surface area contributed by atoms with Gasteiger partial charge in [0.25, 0.3) is 0 Å². The number of aliphatic hydroxyl groups excluding tert-OH is 1. The van der Waals surface area contributed by atoms with E-state index in [0.29, 0.717) is 23.3 Å². The van der Waals surface area contributed by atoms with Crippen molar-refractivity contribution in [1.29, 1.82) is 0 Å². The minimum absolute atomic E-state index is 0.227. The Morgan fingerprint density at radius 3 is 2.32 bits per heavy atom. The molecule has 0 atom stereocenters. The van der Waals surface area contributed by atoms with E-state index in [0.717, 1.165) is 0 Å². The number of methoxy groups -OCH3 is 1. The van der Waals surface area contributed by atoms with Crippen molar-refractivity contribution in [2.24, 2.45) is 10.2 Å². The molecular weight excluding hydrogens is 287 g/mol. The number of Topliss-reactive ketones (excluding diaryl/α,β-unsaturated/α-hetero) is 1. The first-order chi connectivity index (χ1) is 10.6. The van der Waals surface area contributed by atoms with Crippen LogP contribution in [-0.2, 0) is 0 Å².